The van der Waals surface area contributed by atoms with E-state index in [2.05, 4.69) is 13.8 Å². The van der Waals surface area contributed by atoms with Crippen molar-refractivity contribution in [2.24, 2.45) is 0 Å². The third-order valence-electron chi connectivity index (χ3n) is 1.72. The molecule has 1 nitrogen and oxygen atoms in total. The smallest absolute Gasteiger partial charge is 0.0499 e. The van der Waals surface area contributed by atoms with Gasteiger partial charge in [0, 0.05) is 13.7 Å². The molecule has 0 amide bonds. The van der Waals surface area contributed by atoms with E-state index < -0.39 is 0 Å². The van der Waals surface area contributed by atoms with Crippen LogP contribution in [0.3, 0.4) is 0 Å². The highest BCUT2D eigenvalue weighted by molar-refractivity contribution is 7.38. The zero-order chi connectivity index (χ0) is 7.82. The van der Waals surface area contributed by atoms with Crippen LogP contribution in [0, 0.1) is 0 Å². The van der Waals surface area contributed by atoms with Crippen LogP contribution in [0.5, 0.6) is 0 Å². The van der Waals surface area contributed by atoms with Gasteiger partial charge in [0.15, 0.2) is 0 Å². The Morgan fingerprint density at radius 3 is 2.30 bits per heavy atom. The van der Waals surface area contributed by atoms with Crippen LogP contribution in [0.25, 0.3) is 0 Å². The molecule has 0 aromatic heterocycles. The van der Waals surface area contributed by atoms with Crippen molar-refractivity contribution in [3.05, 3.63) is 0 Å². The van der Waals surface area contributed by atoms with Crippen molar-refractivity contribution in [2.45, 2.75) is 32.3 Å². The van der Waals surface area contributed by atoms with Gasteiger partial charge in [-0.3, -0.25) is 0 Å². The van der Waals surface area contributed by atoms with Crippen LogP contribution in [0.15, 0.2) is 0 Å². The van der Waals surface area contributed by atoms with Crippen LogP contribution in [-0.2, 0) is 4.74 Å². The highest BCUT2D eigenvalue weighted by Crippen LogP contribution is 2.23. The van der Waals surface area contributed by atoms with E-state index in [4.69, 9.17) is 4.74 Å². The summed E-state index contributed by atoms with van der Waals surface area (Å²) in [5.41, 5.74) is 0.954. The summed E-state index contributed by atoms with van der Waals surface area (Å²) in [6, 6.07) is 0. The maximum absolute atomic E-state index is 4.99. The van der Waals surface area contributed by atoms with E-state index in [0.29, 0.717) is 0 Å². The maximum Gasteiger partial charge on any atom is 0.0499 e. The molecule has 0 aromatic rings. The van der Waals surface area contributed by atoms with Crippen LogP contribution in [0.2, 0.25) is 0 Å². The first-order valence-electron chi connectivity index (χ1n) is 4.07. The molecule has 0 saturated heterocycles. The second kappa shape index (κ2) is 7.50. The third-order valence-corrected chi connectivity index (χ3v) is 3.61. The molecule has 0 aliphatic heterocycles. The molecule has 0 heterocycles. The summed E-state index contributed by atoms with van der Waals surface area (Å²) in [5.74, 6) is 0. The summed E-state index contributed by atoms with van der Waals surface area (Å²) in [6.07, 6.45) is 3.92. The van der Waals surface area contributed by atoms with Crippen molar-refractivity contribution in [1.29, 1.82) is 0 Å². The van der Waals surface area contributed by atoms with Crippen molar-refractivity contribution in [1.82, 2.24) is 0 Å². The molecule has 0 spiro atoms. The van der Waals surface area contributed by atoms with Crippen LogP contribution in [-0.4, -0.2) is 25.5 Å². The molecule has 0 aromatic carbocycles. The average molecular weight is 162 g/mol. The topological polar surface area (TPSA) is 9.23 Å². The van der Waals surface area contributed by atoms with Gasteiger partial charge in [0.25, 0.3) is 0 Å². The van der Waals surface area contributed by atoms with Gasteiger partial charge in [-0.15, -0.1) is 8.58 Å². The first-order valence-corrected chi connectivity index (χ1v) is 5.35. The molecule has 10 heavy (non-hydrogen) atoms. The SMILES string of the molecule is CCC(CC)PCCOC. The highest BCUT2D eigenvalue weighted by Gasteiger charge is 2.00. The van der Waals surface area contributed by atoms with Crippen molar-refractivity contribution in [3.8, 4) is 0 Å². The summed E-state index contributed by atoms with van der Waals surface area (Å²) in [7, 11) is 2.88. The Kier molecular flexibility index (Phi) is 7.79. The van der Waals surface area contributed by atoms with E-state index in [0.717, 1.165) is 20.8 Å². The molecule has 2 heteroatoms. The van der Waals surface area contributed by atoms with E-state index >= 15 is 0 Å². The van der Waals surface area contributed by atoms with Gasteiger partial charge in [-0.1, -0.05) is 13.8 Å². The first-order chi connectivity index (χ1) is 4.85. The van der Waals surface area contributed by atoms with Gasteiger partial charge in [0.1, 0.15) is 0 Å². The molecule has 0 radical (unpaired) electrons. The average Bonchev–Trinajstić information content (AvgIpc) is 1.99. The van der Waals surface area contributed by atoms with Crippen molar-refractivity contribution in [3.63, 3.8) is 0 Å². The molecule has 1 unspecified atom stereocenters. The van der Waals surface area contributed by atoms with Crippen molar-refractivity contribution < 1.29 is 4.74 Å². The van der Waals surface area contributed by atoms with Crippen LogP contribution >= 0.6 is 8.58 Å². The zero-order valence-electron chi connectivity index (χ0n) is 7.31. The summed E-state index contributed by atoms with van der Waals surface area (Å²) >= 11 is 0. The van der Waals surface area contributed by atoms with Crippen LogP contribution in [0.1, 0.15) is 26.7 Å². The van der Waals surface area contributed by atoms with Crippen molar-refractivity contribution >= 4 is 8.58 Å². The molecular weight excluding hydrogens is 143 g/mol. The monoisotopic (exact) mass is 162 g/mol. The molecule has 62 valence electrons. The summed E-state index contributed by atoms with van der Waals surface area (Å²) in [5, 5.41) is 0. The molecule has 0 aliphatic rings. The van der Waals surface area contributed by atoms with Crippen LogP contribution in [0.4, 0.5) is 0 Å². The Hall–Kier alpha value is 0.390. The largest absolute Gasteiger partial charge is 0.384 e. The minimum Gasteiger partial charge on any atom is -0.384 e. The summed E-state index contributed by atoms with van der Waals surface area (Å²) < 4.78 is 4.99. The first kappa shape index (κ1) is 10.4. The maximum atomic E-state index is 4.99. The fourth-order valence-electron chi connectivity index (χ4n) is 0.942. The lowest BCUT2D eigenvalue weighted by Crippen LogP contribution is -1.99. The molecular formula is C8H19OP. The molecule has 0 aliphatic carbocycles. The highest BCUT2D eigenvalue weighted by atomic mass is 31.1. The van der Waals surface area contributed by atoms with Gasteiger partial charge in [-0.2, -0.15) is 0 Å². The summed E-state index contributed by atoms with van der Waals surface area (Å²) in [6.45, 7) is 5.48. The fraction of sp³-hybridized carbons (Fsp3) is 1.00. The van der Waals surface area contributed by atoms with E-state index in [-0.39, 0.29) is 0 Å². The number of hydrogen-bond acceptors (Lipinski definition) is 1. The Balaban J connectivity index is 3.09. The fourth-order valence-corrected chi connectivity index (χ4v) is 2.25. The number of hydrogen-bond donors (Lipinski definition) is 0. The Morgan fingerprint density at radius 1 is 1.30 bits per heavy atom. The van der Waals surface area contributed by atoms with Crippen molar-refractivity contribution in [2.75, 3.05) is 19.9 Å². The predicted octanol–water partition coefficient (Wildman–Crippen LogP) is 2.50. The quantitative estimate of drug-likeness (QED) is 0.430. The minimum absolute atomic E-state index is 0.939. The number of methoxy groups -OCH3 is 1. The predicted molar refractivity (Wildman–Crippen MR) is 49.4 cm³/mol. The van der Waals surface area contributed by atoms with Crippen LogP contribution < -0.4 is 0 Å². The molecule has 0 N–H and O–H groups in total. The lowest BCUT2D eigenvalue weighted by Gasteiger charge is -2.10. The zero-order valence-corrected chi connectivity index (χ0v) is 8.31. The number of ether oxygens (including phenoxy) is 1. The van der Waals surface area contributed by atoms with E-state index in [1.807, 2.05) is 0 Å². The second-order valence-electron chi connectivity index (χ2n) is 2.46. The standard InChI is InChI=1S/C8H19OP/c1-4-8(5-2)10-7-6-9-3/h8,10H,4-7H2,1-3H3. The van der Waals surface area contributed by atoms with Gasteiger partial charge in [0.05, 0.1) is 0 Å². The summed E-state index contributed by atoms with van der Waals surface area (Å²) in [4.78, 5) is 0. The van der Waals surface area contributed by atoms with E-state index in [9.17, 15) is 0 Å². The van der Waals surface area contributed by atoms with Gasteiger partial charge in [-0.05, 0) is 24.7 Å². The van der Waals surface area contributed by atoms with Gasteiger partial charge in [-0.25, -0.2) is 0 Å². The number of rotatable bonds is 6. The Morgan fingerprint density at radius 2 is 1.90 bits per heavy atom. The lowest BCUT2D eigenvalue weighted by molar-refractivity contribution is 0.218. The molecule has 0 bridgehead atoms. The normalized spacial score (nSPS) is 12.0. The second-order valence-corrected chi connectivity index (χ2v) is 4.19. The minimum atomic E-state index is 0.939. The third kappa shape index (κ3) is 5.20. The lowest BCUT2D eigenvalue weighted by atomic mass is 10.3. The Bertz CT molecular complexity index is 62.3. The van der Waals surface area contributed by atoms with E-state index in [1.54, 1.807) is 7.11 Å². The van der Waals surface area contributed by atoms with Gasteiger partial charge < -0.3 is 4.74 Å². The van der Waals surface area contributed by atoms with Gasteiger partial charge in [0.2, 0.25) is 0 Å². The molecule has 0 rings (SSSR count). The molecule has 0 fully saturated rings. The molecule has 1 atom stereocenters. The molecule has 0 saturated carbocycles. The van der Waals surface area contributed by atoms with Gasteiger partial charge >= 0.3 is 0 Å². The van der Waals surface area contributed by atoms with E-state index in [1.165, 1.54) is 19.0 Å². The Labute approximate surface area is 66.3 Å².